The highest BCUT2D eigenvalue weighted by Crippen LogP contribution is 2.60. The number of hydrogen-bond acceptors (Lipinski definition) is 2. The lowest BCUT2D eigenvalue weighted by molar-refractivity contribution is -0.159. The molecule has 3 nitrogen and oxygen atoms in total. The average molecular weight is 286 g/mol. The third-order valence-corrected chi connectivity index (χ3v) is 5.54. The summed E-state index contributed by atoms with van der Waals surface area (Å²) in [6.45, 7) is 0.0491. The van der Waals surface area contributed by atoms with Crippen molar-refractivity contribution in [1.29, 1.82) is 0 Å². The number of halogens is 2. The van der Waals surface area contributed by atoms with Crippen molar-refractivity contribution in [2.45, 2.75) is 45.0 Å². The fraction of sp³-hybridized carbons (Fsp3) is 0.933. The molecule has 0 saturated heterocycles. The Balaban J connectivity index is 1.77. The number of hydrogen-bond donors (Lipinski definition) is 1. The molecule has 4 bridgehead atoms. The summed E-state index contributed by atoms with van der Waals surface area (Å²) in [5.41, 5.74) is 5.16. The van der Waals surface area contributed by atoms with Crippen LogP contribution in [0.25, 0.3) is 0 Å². The van der Waals surface area contributed by atoms with Crippen molar-refractivity contribution in [1.82, 2.24) is 4.90 Å². The Morgan fingerprint density at radius 1 is 1.15 bits per heavy atom. The van der Waals surface area contributed by atoms with E-state index >= 15 is 0 Å². The molecule has 4 rings (SSSR count). The second-order valence-corrected chi connectivity index (χ2v) is 7.13. The number of carbonyl (C=O) groups excluding carboxylic acids is 1. The van der Waals surface area contributed by atoms with Crippen LogP contribution in [0.3, 0.4) is 0 Å². The van der Waals surface area contributed by atoms with E-state index in [0.29, 0.717) is 17.8 Å². The number of rotatable bonds is 5. The van der Waals surface area contributed by atoms with Crippen LogP contribution < -0.4 is 5.73 Å². The molecule has 0 aliphatic heterocycles. The van der Waals surface area contributed by atoms with Gasteiger partial charge < -0.3 is 10.6 Å². The first-order valence-corrected chi connectivity index (χ1v) is 7.80. The molecule has 0 spiro atoms. The summed E-state index contributed by atoms with van der Waals surface area (Å²) in [5, 5.41) is 0. The fourth-order valence-corrected chi connectivity index (χ4v) is 5.31. The fourth-order valence-electron chi connectivity index (χ4n) is 5.31. The van der Waals surface area contributed by atoms with Gasteiger partial charge in [0.1, 0.15) is 0 Å². The smallest absolute Gasteiger partial charge is 0.255 e. The van der Waals surface area contributed by atoms with Crippen LogP contribution in [0.2, 0.25) is 0 Å². The molecule has 1 amide bonds. The molecular formula is C15H24F2N2O. The van der Waals surface area contributed by atoms with Crippen molar-refractivity contribution in [3.05, 3.63) is 0 Å². The van der Waals surface area contributed by atoms with Gasteiger partial charge in [-0.15, -0.1) is 0 Å². The first kappa shape index (κ1) is 14.2. The summed E-state index contributed by atoms with van der Waals surface area (Å²) >= 11 is 0. The van der Waals surface area contributed by atoms with Crippen LogP contribution >= 0.6 is 0 Å². The first-order chi connectivity index (χ1) is 9.52. The van der Waals surface area contributed by atoms with Crippen LogP contribution in [0.15, 0.2) is 0 Å². The first-order valence-electron chi connectivity index (χ1n) is 7.80. The van der Waals surface area contributed by atoms with Gasteiger partial charge in [0.05, 0.1) is 12.0 Å². The Kier molecular flexibility index (Phi) is 3.73. The van der Waals surface area contributed by atoms with Crippen molar-refractivity contribution in [3.8, 4) is 0 Å². The summed E-state index contributed by atoms with van der Waals surface area (Å²) in [7, 11) is 0. The zero-order valence-corrected chi connectivity index (χ0v) is 11.9. The number of alkyl halides is 2. The minimum Gasteiger partial charge on any atom is -0.335 e. The van der Waals surface area contributed by atoms with Gasteiger partial charge in [0.25, 0.3) is 6.43 Å². The maximum Gasteiger partial charge on any atom is 0.255 e. The van der Waals surface area contributed by atoms with Crippen LogP contribution in [0.5, 0.6) is 0 Å². The molecule has 0 atom stereocenters. The SMILES string of the molecule is NCCN(CC(F)F)C(=O)C12CC3CC(CC(C3)C1)C2. The van der Waals surface area contributed by atoms with Gasteiger partial charge in [0.15, 0.2) is 0 Å². The third-order valence-electron chi connectivity index (χ3n) is 5.54. The minimum atomic E-state index is -2.47. The van der Waals surface area contributed by atoms with Gasteiger partial charge in [0.2, 0.25) is 5.91 Å². The third kappa shape index (κ3) is 2.45. The Hall–Kier alpha value is -0.710. The number of nitrogens with zero attached hydrogens (tertiary/aromatic N) is 1. The van der Waals surface area contributed by atoms with Crippen LogP contribution in [-0.2, 0) is 4.79 Å². The molecule has 0 heterocycles. The van der Waals surface area contributed by atoms with E-state index in [2.05, 4.69) is 0 Å². The second-order valence-electron chi connectivity index (χ2n) is 7.13. The highest BCUT2D eigenvalue weighted by atomic mass is 19.3. The molecule has 0 radical (unpaired) electrons. The summed E-state index contributed by atoms with van der Waals surface area (Å²) in [5.74, 6) is 1.91. The Morgan fingerprint density at radius 2 is 1.65 bits per heavy atom. The summed E-state index contributed by atoms with van der Waals surface area (Å²) < 4.78 is 25.4. The zero-order valence-electron chi connectivity index (χ0n) is 11.9. The van der Waals surface area contributed by atoms with Crippen molar-refractivity contribution in [3.63, 3.8) is 0 Å². The predicted octanol–water partition coefficient (Wildman–Crippen LogP) is 2.26. The standard InChI is InChI=1S/C15H24F2N2O/c16-13(17)9-19(2-1-18)14(20)15-6-10-3-11(7-15)5-12(4-10)8-15/h10-13H,1-9,18H2. The molecule has 5 heteroatoms. The van der Waals surface area contributed by atoms with Crippen LogP contribution in [0, 0.1) is 23.2 Å². The van der Waals surface area contributed by atoms with Crippen LogP contribution in [0.4, 0.5) is 8.78 Å². The van der Waals surface area contributed by atoms with E-state index in [9.17, 15) is 13.6 Å². The molecule has 0 aromatic heterocycles. The van der Waals surface area contributed by atoms with Gasteiger partial charge in [-0.05, 0) is 56.3 Å². The average Bonchev–Trinajstić information content (AvgIpc) is 2.35. The largest absolute Gasteiger partial charge is 0.335 e. The van der Waals surface area contributed by atoms with E-state index in [4.69, 9.17) is 5.73 Å². The van der Waals surface area contributed by atoms with Gasteiger partial charge in [-0.3, -0.25) is 4.79 Å². The maximum absolute atomic E-state index is 12.9. The number of carbonyl (C=O) groups is 1. The lowest BCUT2D eigenvalue weighted by Gasteiger charge is -2.56. The molecule has 4 aliphatic carbocycles. The molecule has 4 saturated carbocycles. The molecule has 0 unspecified atom stereocenters. The van der Waals surface area contributed by atoms with Crippen molar-refractivity contribution in [2.75, 3.05) is 19.6 Å². The summed E-state index contributed by atoms with van der Waals surface area (Å²) in [6, 6.07) is 0. The van der Waals surface area contributed by atoms with E-state index in [1.54, 1.807) is 0 Å². The molecule has 0 aromatic carbocycles. The summed E-state index contributed by atoms with van der Waals surface area (Å²) in [4.78, 5) is 14.2. The number of amides is 1. The van der Waals surface area contributed by atoms with Crippen LogP contribution in [0.1, 0.15) is 38.5 Å². The zero-order chi connectivity index (χ0) is 14.3. The van der Waals surface area contributed by atoms with E-state index in [-0.39, 0.29) is 24.4 Å². The highest BCUT2D eigenvalue weighted by Gasteiger charge is 2.55. The van der Waals surface area contributed by atoms with Gasteiger partial charge in [-0.2, -0.15) is 0 Å². The van der Waals surface area contributed by atoms with Gasteiger partial charge in [-0.25, -0.2) is 8.78 Å². The summed E-state index contributed by atoms with van der Waals surface area (Å²) in [6.07, 6.45) is 4.03. The van der Waals surface area contributed by atoms with E-state index in [1.807, 2.05) is 0 Å². The molecule has 4 fully saturated rings. The Morgan fingerprint density at radius 3 is 2.05 bits per heavy atom. The number of nitrogens with two attached hydrogens (primary N) is 1. The van der Waals surface area contributed by atoms with E-state index < -0.39 is 13.0 Å². The molecule has 4 aliphatic rings. The monoisotopic (exact) mass is 286 g/mol. The van der Waals surface area contributed by atoms with Crippen molar-refractivity contribution in [2.24, 2.45) is 28.9 Å². The van der Waals surface area contributed by atoms with E-state index in [0.717, 1.165) is 19.3 Å². The topological polar surface area (TPSA) is 46.3 Å². The Labute approximate surface area is 118 Å². The predicted molar refractivity (Wildman–Crippen MR) is 72.2 cm³/mol. The van der Waals surface area contributed by atoms with Gasteiger partial charge in [-0.1, -0.05) is 0 Å². The molecule has 2 N–H and O–H groups in total. The lowest BCUT2D eigenvalue weighted by Crippen LogP contribution is -2.55. The minimum absolute atomic E-state index is 0.0395. The normalized spacial score (nSPS) is 38.5. The van der Waals surface area contributed by atoms with E-state index in [1.165, 1.54) is 24.2 Å². The van der Waals surface area contributed by atoms with Crippen molar-refractivity contribution < 1.29 is 13.6 Å². The molecule has 114 valence electrons. The Bertz CT molecular complexity index is 351. The van der Waals surface area contributed by atoms with Crippen molar-refractivity contribution >= 4 is 5.91 Å². The van der Waals surface area contributed by atoms with Gasteiger partial charge in [0, 0.05) is 13.1 Å². The second kappa shape index (κ2) is 5.24. The van der Waals surface area contributed by atoms with Crippen LogP contribution in [-0.4, -0.2) is 36.9 Å². The molecule has 0 aromatic rings. The molecule has 20 heavy (non-hydrogen) atoms. The maximum atomic E-state index is 12.9. The quantitative estimate of drug-likeness (QED) is 0.842. The highest BCUT2D eigenvalue weighted by molar-refractivity contribution is 5.83. The molecular weight excluding hydrogens is 262 g/mol. The lowest BCUT2D eigenvalue weighted by atomic mass is 9.49. The van der Waals surface area contributed by atoms with Gasteiger partial charge >= 0.3 is 0 Å².